The van der Waals surface area contributed by atoms with E-state index >= 15 is 0 Å². The molecule has 1 amide bonds. The molecular weight excluding hydrogens is 274 g/mol. The van der Waals surface area contributed by atoms with Gasteiger partial charge in [-0.2, -0.15) is 0 Å². The predicted octanol–water partition coefficient (Wildman–Crippen LogP) is 3.80. The summed E-state index contributed by atoms with van der Waals surface area (Å²) in [5.74, 6) is 1.50. The molecule has 0 spiro atoms. The number of carbonyl (C=O) groups is 1. The van der Waals surface area contributed by atoms with Gasteiger partial charge in [0, 0.05) is 6.04 Å². The highest BCUT2D eigenvalue weighted by atomic mass is 35.5. The minimum Gasteiger partial charge on any atom is -0.491 e. The first-order chi connectivity index (χ1) is 9.65. The van der Waals surface area contributed by atoms with Gasteiger partial charge >= 0.3 is 0 Å². The number of para-hydroxylation sites is 1. The minimum atomic E-state index is 0.0663. The summed E-state index contributed by atoms with van der Waals surface area (Å²) in [5.41, 5.74) is 0. The van der Waals surface area contributed by atoms with Crippen molar-refractivity contribution in [2.45, 2.75) is 45.1 Å². The Morgan fingerprint density at radius 2 is 2.00 bits per heavy atom. The summed E-state index contributed by atoms with van der Waals surface area (Å²) in [6, 6.07) is 7.65. The molecule has 1 fully saturated rings. The standard InChI is InChI=1S/C16H22ClNO2/c1-12-6-8-13(9-7-12)18-16(19)10-11-20-15-5-3-2-4-14(15)17/h2-5,12-13H,6-11H2,1H3,(H,18,19). The number of carbonyl (C=O) groups excluding carboxylic acids is 1. The lowest BCUT2D eigenvalue weighted by Crippen LogP contribution is -2.37. The van der Waals surface area contributed by atoms with Gasteiger partial charge < -0.3 is 10.1 Å². The number of rotatable bonds is 5. The molecule has 0 bridgehead atoms. The molecule has 4 heteroatoms. The van der Waals surface area contributed by atoms with Crippen LogP contribution in [0.25, 0.3) is 0 Å². The van der Waals surface area contributed by atoms with E-state index in [1.165, 1.54) is 12.8 Å². The molecule has 20 heavy (non-hydrogen) atoms. The van der Waals surface area contributed by atoms with Gasteiger partial charge in [-0.25, -0.2) is 0 Å². The summed E-state index contributed by atoms with van der Waals surface area (Å²) < 4.78 is 5.52. The van der Waals surface area contributed by atoms with Crippen LogP contribution in [0.4, 0.5) is 0 Å². The molecule has 0 aliphatic heterocycles. The Balaban J connectivity index is 1.67. The Morgan fingerprint density at radius 3 is 2.70 bits per heavy atom. The Bertz CT molecular complexity index is 442. The molecule has 1 aromatic carbocycles. The highest BCUT2D eigenvalue weighted by Crippen LogP contribution is 2.24. The Hall–Kier alpha value is -1.22. The number of amides is 1. The molecule has 3 nitrogen and oxygen atoms in total. The van der Waals surface area contributed by atoms with Gasteiger partial charge in [-0.3, -0.25) is 4.79 Å². The molecule has 1 aromatic rings. The van der Waals surface area contributed by atoms with E-state index in [-0.39, 0.29) is 5.91 Å². The first kappa shape index (κ1) is 15.2. The topological polar surface area (TPSA) is 38.3 Å². The number of ether oxygens (including phenoxy) is 1. The van der Waals surface area contributed by atoms with Crippen LogP contribution >= 0.6 is 11.6 Å². The summed E-state index contributed by atoms with van der Waals surface area (Å²) in [5, 5.41) is 3.67. The number of nitrogens with one attached hydrogen (secondary N) is 1. The number of halogens is 1. The summed E-state index contributed by atoms with van der Waals surface area (Å²) in [6.45, 7) is 2.63. The van der Waals surface area contributed by atoms with Gasteiger partial charge in [0.25, 0.3) is 0 Å². The molecule has 1 aliphatic rings. The van der Waals surface area contributed by atoms with Crippen LogP contribution in [-0.4, -0.2) is 18.6 Å². The van der Waals surface area contributed by atoms with E-state index in [0.29, 0.717) is 29.8 Å². The summed E-state index contributed by atoms with van der Waals surface area (Å²) in [6.07, 6.45) is 4.98. The lowest BCUT2D eigenvalue weighted by Gasteiger charge is -2.26. The molecule has 1 N–H and O–H groups in total. The fraction of sp³-hybridized carbons (Fsp3) is 0.562. The summed E-state index contributed by atoms with van der Waals surface area (Å²) in [4.78, 5) is 11.8. The normalized spacial score (nSPS) is 22.3. The van der Waals surface area contributed by atoms with Crippen LogP contribution < -0.4 is 10.1 Å². The zero-order valence-corrected chi connectivity index (χ0v) is 12.7. The largest absolute Gasteiger partial charge is 0.491 e. The van der Waals surface area contributed by atoms with Crippen molar-refractivity contribution in [2.75, 3.05) is 6.61 Å². The van der Waals surface area contributed by atoms with Crippen LogP contribution in [0.15, 0.2) is 24.3 Å². The van der Waals surface area contributed by atoms with Crippen LogP contribution in [0, 0.1) is 5.92 Å². The van der Waals surface area contributed by atoms with Gasteiger partial charge in [0.1, 0.15) is 5.75 Å². The zero-order chi connectivity index (χ0) is 14.4. The molecule has 2 rings (SSSR count). The molecule has 0 aromatic heterocycles. The second-order valence-electron chi connectivity index (χ2n) is 5.55. The van der Waals surface area contributed by atoms with E-state index in [4.69, 9.17) is 16.3 Å². The second-order valence-corrected chi connectivity index (χ2v) is 5.96. The van der Waals surface area contributed by atoms with Gasteiger partial charge in [0.15, 0.2) is 0 Å². The maximum atomic E-state index is 11.8. The van der Waals surface area contributed by atoms with Crippen LogP contribution in [-0.2, 0) is 4.79 Å². The van der Waals surface area contributed by atoms with E-state index in [1.807, 2.05) is 18.2 Å². The van der Waals surface area contributed by atoms with Crippen molar-refractivity contribution in [3.63, 3.8) is 0 Å². The summed E-state index contributed by atoms with van der Waals surface area (Å²) >= 11 is 5.98. The molecule has 1 saturated carbocycles. The molecule has 0 unspecified atom stereocenters. The SMILES string of the molecule is CC1CCC(NC(=O)CCOc2ccccc2Cl)CC1. The van der Waals surface area contributed by atoms with E-state index in [1.54, 1.807) is 6.07 Å². The molecule has 0 radical (unpaired) electrons. The van der Waals surface area contributed by atoms with Crippen LogP contribution in [0.3, 0.4) is 0 Å². The Kier molecular flexibility index (Phi) is 5.72. The summed E-state index contributed by atoms with van der Waals surface area (Å²) in [7, 11) is 0. The van der Waals surface area contributed by atoms with Gasteiger partial charge in [-0.1, -0.05) is 30.7 Å². The number of hydrogen-bond donors (Lipinski definition) is 1. The van der Waals surface area contributed by atoms with E-state index in [9.17, 15) is 4.79 Å². The third kappa shape index (κ3) is 4.71. The Labute approximate surface area is 125 Å². The molecule has 0 heterocycles. The van der Waals surface area contributed by atoms with Crippen molar-refractivity contribution < 1.29 is 9.53 Å². The van der Waals surface area contributed by atoms with Crippen molar-refractivity contribution in [3.05, 3.63) is 29.3 Å². The maximum absolute atomic E-state index is 11.8. The molecule has 0 atom stereocenters. The monoisotopic (exact) mass is 295 g/mol. The van der Waals surface area contributed by atoms with Crippen molar-refractivity contribution in [3.8, 4) is 5.75 Å². The van der Waals surface area contributed by atoms with E-state index < -0.39 is 0 Å². The van der Waals surface area contributed by atoms with Gasteiger partial charge in [0.2, 0.25) is 5.91 Å². The van der Waals surface area contributed by atoms with Crippen molar-refractivity contribution in [1.29, 1.82) is 0 Å². The highest BCUT2D eigenvalue weighted by Gasteiger charge is 2.19. The predicted molar refractivity (Wildman–Crippen MR) is 81.1 cm³/mol. The van der Waals surface area contributed by atoms with E-state index in [0.717, 1.165) is 18.8 Å². The maximum Gasteiger partial charge on any atom is 0.223 e. The van der Waals surface area contributed by atoms with Crippen LogP contribution in [0.5, 0.6) is 5.75 Å². The smallest absolute Gasteiger partial charge is 0.223 e. The van der Waals surface area contributed by atoms with Gasteiger partial charge in [-0.15, -0.1) is 0 Å². The highest BCUT2D eigenvalue weighted by molar-refractivity contribution is 6.32. The quantitative estimate of drug-likeness (QED) is 0.897. The molecule has 0 saturated heterocycles. The minimum absolute atomic E-state index is 0.0663. The first-order valence-corrected chi connectivity index (χ1v) is 7.69. The van der Waals surface area contributed by atoms with Crippen LogP contribution in [0.2, 0.25) is 5.02 Å². The number of benzene rings is 1. The average molecular weight is 296 g/mol. The third-order valence-electron chi connectivity index (χ3n) is 3.80. The third-order valence-corrected chi connectivity index (χ3v) is 4.12. The van der Waals surface area contributed by atoms with Gasteiger partial charge in [-0.05, 0) is 43.7 Å². The lowest BCUT2D eigenvalue weighted by molar-refractivity contribution is -0.122. The van der Waals surface area contributed by atoms with E-state index in [2.05, 4.69) is 12.2 Å². The van der Waals surface area contributed by atoms with Crippen molar-refractivity contribution in [2.24, 2.45) is 5.92 Å². The molecule has 110 valence electrons. The second kappa shape index (κ2) is 7.53. The zero-order valence-electron chi connectivity index (χ0n) is 11.9. The molecule has 1 aliphatic carbocycles. The van der Waals surface area contributed by atoms with Crippen molar-refractivity contribution >= 4 is 17.5 Å². The number of hydrogen-bond acceptors (Lipinski definition) is 2. The first-order valence-electron chi connectivity index (χ1n) is 7.32. The molecular formula is C16H22ClNO2. The lowest BCUT2D eigenvalue weighted by atomic mass is 9.87. The average Bonchev–Trinajstić information content (AvgIpc) is 2.43. The van der Waals surface area contributed by atoms with Crippen LogP contribution in [0.1, 0.15) is 39.0 Å². The Morgan fingerprint density at radius 1 is 1.30 bits per heavy atom. The fourth-order valence-corrected chi connectivity index (χ4v) is 2.71. The van der Waals surface area contributed by atoms with Gasteiger partial charge in [0.05, 0.1) is 18.1 Å². The fourth-order valence-electron chi connectivity index (χ4n) is 2.52. The van der Waals surface area contributed by atoms with Crippen molar-refractivity contribution in [1.82, 2.24) is 5.32 Å².